The van der Waals surface area contributed by atoms with Crippen LogP contribution in [0.25, 0.3) is 11.2 Å². The number of nitrogens with zero attached hydrogens (tertiary/aromatic N) is 4. The number of carbonyl (C=O) groups excluding carboxylic acids is 1. The molecule has 1 aromatic carbocycles. The van der Waals surface area contributed by atoms with Gasteiger partial charge >= 0.3 is 6.03 Å². The molecule has 13 nitrogen and oxygen atoms in total. The van der Waals surface area contributed by atoms with Gasteiger partial charge in [-0.25, -0.2) is 28.2 Å². The Bertz CT molecular complexity index is 1390. The molecule has 6 N–H and O–H groups in total. The van der Waals surface area contributed by atoms with Crippen molar-refractivity contribution in [3.8, 4) is 0 Å². The van der Waals surface area contributed by atoms with Crippen molar-refractivity contribution >= 4 is 38.5 Å². The average molecular weight is 548 g/mol. The zero-order valence-corrected chi connectivity index (χ0v) is 22.2. The van der Waals surface area contributed by atoms with Crippen LogP contribution in [0.2, 0.25) is 0 Å². The monoisotopic (exact) mass is 547 g/mol. The molecule has 1 unspecified atom stereocenters. The number of aromatic nitrogens is 4. The first-order valence-corrected chi connectivity index (χ1v) is 14.0. The van der Waals surface area contributed by atoms with Gasteiger partial charge in [-0.3, -0.25) is 4.57 Å². The van der Waals surface area contributed by atoms with Crippen LogP contribution in [0.4, 0.5) is 16.3 Å². The highest BCUT2D eigenvalue weighted by Crippen LogP contribution is 2.32. The molecule has 4 rings (SSSR count). The molecule has 0 bridgehead atoms. The van der Waals surface area contributed by atoms with Crippen molar-refractivity contribution in [1.29, 1.82) is 0 Å². The van der Waals surface area contributed by atoms with E-state index in [2.05, 4.69) is 46.4 Å². The third-order valence-corrected chi connectivity index (χ3v) is 8.09. The van der Waals surface area contributed by atoms with Crippen LogP contribution in [0.1, 0.15) is 39.0 Å². The van der Waals surface area contributed by atoms with Crippen molar-refractivity contribution in [3.63, 3.8) is 0 Å². The number of hydrogen-bond donors (Lipinski definition) is 5. The standard InChI is InChI=1S/C24H33N7O6S/c1-24(2,3)14-5-7-15(8-6-14)30-23(34)26-9-4-10-38(35,36)11-16-18(32)19(33)22(37-16)31-13-29-17-20(25)27-12-28-21(17)31/h5-8,12-13,16,18-19,22,32-33H,4,9-11H2,1-3H3,(H2,25,27,28)(H2,26,30,34)/t16-,18-,19-,22?/m1/s1. The molecule has 0 radical (unpaired) electrons. The number of nitrogens with two attached hydrogens (primary N) is 1. The number of carbonyl (C=O) groups is 1. The van der Waals surface area contributed by atoms with Crippen LogP contribution in [0.3, 0.4) is 0 Å². The molecule has 1 fully saturated rings. The molecule has 0 spiro atoms. The number of aliphatic hydroxyl groups is 2. The average Bonchev–Trinajstić information content (AvgIpc) is 3.39. The Kier molecular flexibility index (Phi) is 7.88. The number of imidazole rings is 1. The molecule has 2 aromatic heterocycles. The second-order valence-electron chi connectivity index (χ2n) is 10.3. The molecule has 1 saturated heterocycles. The number of anilines is 2. The highest BCUT2D eigenvalue weighted by atomic mass is 32.2. The maximum Gasteiger partial charge on any atom is 0.319 e. The van der Waals surface area contributed by atoms with Gasteiger partial charge in [0.05, 0.1) is 17.8 Å². The summed E-state index contributed by atoms with van der Waals surface area (Å²) in [7, 11) is -3.68. The number of ether oxygens (including phenoxy) is 1. The molecule has 0 saturated carbocycles. The van der Waals surface area contributed by atoms with Crippen LogP contribution in [-0.4, -0.2) is 80.5 Å². The van der Waals surface area contributed by atoms with E-state index in [9.17, 15) is 23.4 Å². The number of sulfone groups is 1. The normalized spacial score (nSPS) is 22.0. The number of benzene rings is 1. The van der Waals surface area contributed by atoms with Gasteiger partial charge in [0.25, 0.3) is 0 Å². The summed E-state index contributed by atoms with van der Waals surface area (Å²) >= 11 is 0. The van der Waals surface area contributed by atoms with Crippen molar-refractivity contribution in [1.82, 2.24) is 24.8 Å². The predicted molar refractivity (Wildman–Crippen MR) is 141 cm³/mol. The Balaban J connectivity index is 1.26. The molecule has 206 valence electrons. The fourth-order valence-electron chi connectivity index (χ4n) is 4.21. The van der Waals surface area contributed by atoms with E-state index in [0.29, 0.717) is 11.2 Å². The third kappa shape index (κ3) is 6.20. The van der Waals surface area contributed by atoms with Crippen molar-refractivity contribution in [2.45, 2.75) is 57.1 Å². The molecule has 14 heteroatoms. The largest absolute Gasteiger partial charge is 0.387 e. The van der Waals surface area contributed by atoms with Gasteiger partial charge in [-0.05, 0) is 29.5 Å². The molecule has 1 aliphatic heterocycles. The predicted octanol–water partition coefficient (Wildman–Crippen LogP) is 0.952. The first kappa shape index (κ1) is 27.7. The zero-order valence-electron chi connectivity index (χ0n) is 21.4. The molecular formula is C24H33N7O6S. The summed E-state index contributed by atoms with van der Waals surface area (Å²) in [5.41, 5.74) is 8.14. The number of rotatable bonds is 8. The zero-order chi connectivity index (χ0) is 27.7. The minimum atomic E-state index is -3.68. The van der Waals surface area contributed by atoms with E-state index in [-0.39, 0.29) is 35.6 Å². The van der Waals surface area contributed by atoms with Gasteiger partial charge < -0.3 is 31.3 Å². The molecule has 0 aliphatic carbocycles. The van der Waals surface area contributed by atoms with Crippen LogP contribution in [0.5, 0.6) is 0 Å². The Hall–Kier alpha value is -3.33. The van der Waals surface area contributed by atoms with E-state index in [1.54, 1.807) is 0 Å². The number of amides is 2. The summed E-state index contributed by atoms with van der Waals surface area (Å²) in [5.74, 6) is -0.599. The lowest BCUT2D eigenvalue weighted by Gasteiger charge is -2.19. The maximum atomic E-state index is 12.7. The lowest BCUT2D eigenvalue weighted by Crippen LogP contribution is -2.36. The van der Waals surface area contributed by atoms with Gasteiger partial charge in [-0.15, -0.1) is 0 Å². The smallest absolute Gasteiger partial charge is 0.319 e. The highest BCUT2D eigenvalue weighted by Gasteiger charge is 2.45. The topological polar surface area (TPSA) is 195 Å². The van der Waals surface area contributed by atoms with E-state index in [1.165, 1.54) is 17.2 Å². The van der Waals surface area contributed by atoms with Crippen LogP contribution in [0, 0.1) is 0 Å². The Morgan fingerprint density at radius 1 is 1.13 bits per heavy atom. The molecule has 3 heterocycles. The van der Waals surface area contributed by atoms with Crippen LogP contribution < -0.4 is 16.4 Å². The van der Waals surface area contributed by atoms with Gasteiger partial charge in [0.15, 0.2) is 27.5 Å². The summed E-state index contributed by atoms with van der Waals surface area (Å²) < 4.78 is 32.5. The first-order chi connectivity index (χ1) is 17.9. The minimum Gasteiger partial charge on any atom is -0.387 e. The fraction of sp³-hybridized carbons (Fsp3) is 0.500. The van der Waals surface area contributed by atoms with E-state index >= 15 is 0 Å². The number of hydrogen-bond acceptors (Lipinski definition) is 10. The fourth-order valence-corrected chi connectivity index (χ4v) is 5.74. The summed E-state index contributed by atoms with van der Waals surface area (Å²) in [6, 6.07) is 7.08. The SMILES string of the molecule is CC(C)(C)c1ccc(NC(=O)NCCCS(=O)(=O)C[C@H]2OC(n3cnc4c(N)ncnc43)[C@H](O)[C@@H]2O)cc1. The van der Waals surface area contributed by atoms with Gasteiger partial charge in [-0.1, -0.05) is 32.9 Å². The van der Waals surface area contributed by atoms with Crippen LogP contribution >= 0.6 is 0 Å². The molecule has 1 aliphatic rings. The van der Waals surface area contributed by atoms with Crippen molar-refractivity contribution in [2.24, 2.45) is 0 Å². The number of nitrogen functional groups attached to an aromatic ring is 1. The lowest BCUT2D eigenvalue weighted by molar-refractivity contribution is -0.0292. The number of aliphatic hydroxyl groups excluding tert-OH is 2. The Labute approximate surface area is 220 Å². The van der Waals surface area contributed by atoms with E-state index in [1.807, 2.05) is 24.3 Å². The second kappa shape index (κ2) is 10.8. The molecule has 3 aromatic rings. The van der Waals surface area contributed by atoms with Gasteiger partial charge in [0, 0.05) is 12.2 Å². The van der Waals surface area contributed by atoms with Crippen molar-refractivity contribution < 1.29 is 28.2 Å². The number of fused-ring (bicyclic) bond motifs is 1. The van der Waals surface area contributed by atoms with Gasteiger partial charge in [-0.2, -0.15) is 0 Å². The Morgan fingerprint density at radius 2 is 1.84 bits per heavy atom. The van der Waals surface area contributed by atoms with Crippen molar-refractivity contribution in [2.75, 3.05) is 29.1 Å². The first-order valence-electron chi connectivity index (χ1n) is 12.2. The Morgan fingerprint density at radius 3 is 2.53 bits per heavy atom. The molecule has 4 atom stereocenters. The maximum absolute atomic E-state index is 12.7. The summed E-state index contributed by atoms with van der Waals surface area (Å²) in [5, 5.41) is 26.4. The minimum absolute atomic E-state index is 0.00218. The lowest BCUT2D eigenvalue weighted by atomic mass is 9.87. The van der Waals surface area contributed by atoms with Crippen LogP contribution in [-0.2, 0) is 20.0 Å². The van der Waals surface area contributed by atoms with Gasteiger partial charge in [0.1, 0.15) is 30.2 Å². The molecule has 38 heavy (non-hydrogen) atoms. The van der Waals surface area contributed by atoms with E-state index in [4.69, 9.17) is 10.5 Å². The van der Waals surface area contributed by atoms with E-state index < -0.39 is 46.2 Å². The van der Waals surface area contributed by atoms with Gasteiger partial charge in [0.2, 0.25) is 0 Å². The quantitative estimate of drug-likeness (QED) is 0.253. The van der Waals surface area contributed by atoms with Crippen LogP contribution in [0.15, 0.2) is 36.9 Å². The summed E-state index contributed by atoms with van der Waals surface area (Å²) in [6.07, 6.45) is -2.39. The van der Waals surface area contributed by atoms with Crippen molar-refractivity contribution in [3.05, 3.63) is 42.5 Å². The second-order valence-corrected chi connectivity index (χ2v) is 12.5. The summed E-state index contributed by atoms with van der Waals surface area (Å²) in [4.78, 5) is 24.2. The number of urea groups is 1. The number of nitrogens with one attached hydrogen (secondary N) is 2. The third-order valence-electron chi connectivity index (χ3n) is 6.34. The highest BCUT2D eigenvalue weighted by molar-refractivity contribution is 7.91. The molecule has 2 amide bonds. The van der Waals surface area contributed by atoms with E-state index in [0.717, 1.165) is 5.56 Å². The summed E-state index contributed by atoms with van der Waals surface area (Å²) in [6.45, 7) is 6.43. The molecular weight excluding hydrogens is 514 g/mol.